The van der Waals surface area contributed by atoms with Crippen molar-refractivity contribution in [2.24, 2.45) is 5.73 Å². The van der Waals surface area contributed by atoms with Crippen molar-refractivity contribution >= 4 is 10.0 Å². The van der Waals surface area contributed by atoms with Crippen molar-refractivity contribution in [2.75, 3.05) is 20.3 Å². The lowest BCUT2D eigenvalue weighted by atomic mass is 10.3. The highest BCUT2D eigenvalue weighted by Gasteiger charge is 2.22. The zero-order chi connectivity index (χ0) is 13.6. The van der Waals surface area contributed by atoms with Crippen LogP contribution in [0.15, 0.2) is 5.03 Å². The Morgan fingerprint density at radius 2 is 2.17 bits per heavy atom. The molecule has 1 heterocycles. The molecule has 7 nitrogen and oxygen atoms in total. The quantitative estimate of drug-likeness (QED) is 0.573. The first-order valence-electron chi connectivity index (χ1n) is 5.75. The van der Waals surface area contributed by atoms with Gasteiger partial charge in [0.25, 0.3) is 10.0 Å². The predicted octanol–water partition coefficient (Wildman–Crippen LogP) is -0.118. The summed E-state index contributed by atoms with van der Waals surface area (Å²) in [4.78, 5) is 0. The van der Waals surface area contributed by atoms with Gasteiger partial charge < -0.3 is 10.5 Å². The second-order valence-electron chi connectivity index (χ2n) is 3.93. The van der Waals surface area contributed by atoms with Crippen molar-refractivity contribution in [1.29, 1.82) is 0 Å². The molecule has 0 atom stereocenters. The number of aromatic amines is 1. The van der Waals surface area contributed by atoms with Gasteiger partial charge in [-0.2, -0.15) is 5.10 Å². The third-order valence-corrected chi connectivity index (χ3v) is 3.99. The van der Waals surface area contributed by atoms with Gasteiger partial charge in [0.05, 0.1) is 0 Å². The molecule has 1 aromatic heterocycles. The average Bonchev–Trinajstić information content (AvgIpc) is 2.70. The number of unbranched alkanes of at least 4 members (excludes halogenated alkanes) is 1. The van der Waals surface area contributed by atoms with Gasteiger partial charge in [-0.3, -0.25) is 5.10 Å². The molecule has 0 unspecified atom stereocenters. The predicted molar refractivity (Wildman–Crippen MR) is 67.5 cm³/mol. The molecule has 0 aliphatic rings. The number of nitrogens with one attached hydrogen (secondary N) is 2. The van der Waals surface area contributed by atoms with Gasteiger partial charge in [-0.1, -0.05) is 0 Å². The van der Waals surface area contributed by atoms with Crippen LogP contribution in [0.1, 0.15) is 24.1 Å². The van der Waals surface area contributed by atoms with Crippen LogP contribution in [0, 0.1) is 6.92 Å². The van der Waals surface area contributed by atoms with Crippen molar-refractivity contribution in [3.8, 4) is 0 Å². The number of methoxy groups -OCH3 is 1. The first kappa shape index (κ1) is 15.1. The van der Waals surface area contributed by atoms with Gasteiger partial charge in [0, 0.05) is 38.1 Å². The lowest BCUT2D eigenvalue weighted by Gasteiger charge is -2.05. The Bertz CT molecular complexity index is 469. The molecule has 4 N–H and O–H groups in total. The van der Waals surface area contributed by atoms with Crippen LogP contribution in [0.4, 0.5) is 0 Å². The van der Waals surface area contributed by atoms with E-state index in [0.717, 1.165) is 6.42 Å². The topological polar surface area (TPSA) is 110 Å². The first-order valence-corrected chi connectivity index (χ1v) is 7.23. The van der Waals surface area contributed by atoms with Gasteiger partial charge in [-0.25, -0.2) is 13.1 Å². The number of rotatable bonds is 8. The van der Waals surface area contributed by atoms with Crippen molar-refractivity contribution < 1.29 is 13.2 Å². The summed E-state index contributed by atoms with van der Waals surface area (Å²) in [7, 11) is -1.97. The molecular weight excluding hydrogens is 256 g/mol. The van der Waals surface area contributed by atoms with Crippen molar-refractivity contribution in [2.45, 2.75) is 31.3 Å². The number of hydrogen-bond acceptors (Lipinski definition) is 5. The van der Waals surface area contributed by atoms with E-state index in [0.29, 0.717) is 30.8 Å². The molecule has 0 spiro atoms. The summed E-state index contributed by atoms with van der Waals surface area (Å²) in [5.41, 5.74) is 6.72. The van der Waals surface area contributed by atoms with Crippen LogP contribution in [0.5, 0.6) is 0 Å². The van der Waals surface area contributed by atoms with E-state index in [2.05, 4.69) is 14.9 Å². The molecular formula is C10H20N4O3S. The molecule has 0 radical (unpaired) electrons. The summed E-state index contributed by atoms with van der Waals surface area (Å²) in [5.74, 6) is 0. The smallest absolute Gasteiger partial charge is 0.260 e. The second kappa shape index (κ2) is 6.83. The second-order valence-corrected chi connectivity index (χ2v) is 5.62. The highest BCUT2D eigenvalue weighted by Crippen LogP contribution is 2.14. The van der Waals surface area contributed by atoms with Crippen LogP contribution < -0.4 is 10.5 Å². The maximum absolute atomic E-state index is 12.0. The lowest BCUT2D eigenvalue weighted by molar-refractivity contribution is 0.193. The Labute approximate surface area is 107 Å². The standard InChI is InChI=1S/C10H20N4O3S/c1-8-9(7-11)10(14-13-8)18(15,16)12-5-3-4-6-17-2/h12H,3-7,11H2,1-2H3,(H,13,14). The number of nitrogens with zero attached hydrogens (tertiary/aromatic N) is 1. The van der Waals surface area contributed by atoms with Gasteiger partial charge in [0.15, 0.2) is 5.03 Å². The number of hydrogen-bond donors (Lipinski definition) is 3. The van der Waals surface area contributed by atoms with Gasteiger partial charge in [0.1, 0.15) is 0 Å². The summed E-state index contributed by atoms with van der Waals surface area (Å²) in [6, 6.07) is 0. The first-order chi connectivity index (χ1) is 8.53. The van der Waals surface area contributed by atoms with Gasteiger partial charge in [0.2, 0.25) is 0 Å². The lowest BCUT2D eigenvalue weighted by Crippen LogP contribution is -2.26. The zero-order valence-electron chi connectivity index (χ0n) is 10.7. The van der Waals surface area contributed by atoms with Crippen LogP contribution >= 0.6 is 0 Å². The molecule has 104 valence electrons. The molecule has 0 aromatic carbocycles. The van der Waals surface area contributed by atoms with E-state index >= 15 is 0 Å². The summed E-state index contributed by atoms with van der Waals surface area (Å²) in [6.45, 7) is 2.87. The molecule has 0 aliphatic heterocycles. The normalized spacial score (nSPS) is 11.9. The number of sulfonamides is 1. The average molecular weight is 276 g/mol. The molecule has 18 heavy (non-hydrogen) atoms. The number of H-pyrrole nitrogens is 1. The minimum atomic E-state index is -3.58. The number of nitrogens with two attached hydrogens (primary N) is 1. The van der Waals surface area contributed by atoms with Crippen molar-refractivity contribution in [3.63, 3.8) is 0 Å². The van der Waals surface area contributed by atoms with Crippen molar-refractivity contribution in [3.05, 3.63) is 11.3 Å². The van der Waals surface area contributed by atoms with Crippen LogP contribution in [0.3, 0.4) is 0 Å². The molecule has 8 heteroatoms. The Balaban J connectivity index is 2.63. The number of aryl methyl sites for hydroxylation is 1. The molecule has 0 saturated carbocycles. The minimum Gasteiger partial charge on any atom is -0.385 e. The summed E-state index contributed by atoms with van der Waals surface area (Å²) >= 11 is 0. The summed E-state index contributed by atoms with van der Waals surface area (Å²) < 4.78 is 31.3. The van der Waals surface area contributed by atoms with Crippen LogP contribution in [0.2, 0.25) is 0 Å². The van der Waals surface area contributed by atoms with E-state index in [1.54, 1.807) is 14.0 Å². The maximum Gasteiger partial charge on any atom is 0.260 e. The molecule has 1 aromatic rings. The molecule has 0 aliphatic carbocycles. The van der Waals surface area contributed by atoms with Crippen LogP contribution in [-0.4, -0.2) is 38.9 Å². The van der Waals surface area contributed by atoms with E-state index in [-0.39, 0.29) is 11.6 Å². The van der Waals surface area contributed by atoms with E-state index in [1.165, 1.54) is 0 Å². The van der Waals surface area contributed by atoms with E-state index in [9.17, 15) is 8.42 Å². The van der Waals surface area contributed by atoms with Gasteiger partial charge >= 0.3 is 0 Å². The monoisotopic (exact) mass is 276 g/mol. The third kappa shape index (κ3) is 3.77. The van der Waals surface area contributed by atoms with Crippen LogP contribution in [0.25, 0.3) is 0 Å². The Kier molecular flexibility index (Phi) is 5.73. The van der Waals surface area contributed by atoms with E-state index in [1.807, 2.05) is 0 Å². The largest absolute Gasteiger partial charge is 0.385 e. The minimum absolute atomic E-state index is 0.00533. The fourth-order valence-corrected chi connectivity index (χ4v) is 2.82. The summed E-state index contributed by atoms with van der Waals surface area (Å²) in [5, 5.41) is 6.42. The Hall–Kier alpha value is -0.960. The van der Waals surface area contributed by atoms with E-state index in [4.69, 9.17) is 10.5 Å². The maximum atomic E-state index is 12.0. The zero-order valence-corrected chi connectivity index (χ0v) is 11.5. The third-order valence-electron chi connectivity index (χ3n) is 2.56. The Morgan fingerprint density at radius 3 is 2.78 bits per heavy atom. The van der Waals surface area contributed by atoms with Gasteiger partial charge in [-0.05, 0) is 19.8 Å². The fourth-order valence-electron chi connectivity index (χ4n) is 1.54. The molecule has 0 saturated heterocycles. The fraction of sp³-hybridized carbons (Fsp3) is 0.700. The summed E-state index contributed by atoms with van der Waals surface area (Å²) in [6.07, 6.45) is 1.52. The number of ether oxygens (including phenoxy) is 1. The Morgan fingerprint density at radius 1 is 1.44 bits per heavy atom. The molecule has 0 amide bonds. The van der Waals surface area contributed by atoms with Crippen molar-refractivity contribution in [1.82, 2.24) is 14.9 Å². The van der Waals surface area contributed by atoms with E-state index < -0.39 is 10.0 Å². The highest BCUT2D eigenvalue weighted by molar-refractivity contribution is 7.89. The molecule has 0 bridgehead atoms. The van der Waals surface area contributed by atoms with Gasteiger partial charge in [-0.15, -0.1) is 0 Å². The van der Waals surface area contributed by atoms with Crippen LogP contribution in [-0.2, 0) is 21.3 Å². The molecule has 1 rings (SSSR count). The molecule has 0 fully saturated rings. The highest BCUT2D eigenvalue weighted by atomic mass is 32.2. The number of aromatic nitrogens is 2. The SMILES string of the molecule is COCCCCNS(=O)(=O)c1n[nH]c(C)c1CN.